The first-order valence-corrected chi connectivity index (χ1v) is 23.1. The van der Waals surface area contributed by atoms with E-state index in [1.807, 2.05) is 11.3 Å². The molecule has 0 atom stereocenters. The van der Waals surface area contributed by atoms with Gasteiger partial charge < -0.3 is 9.13 Å². The van der Waals surface area contributed by atoms with Gasteiger partial charge in [0.25, 0.3) is 0 Å². The second-order valence-corrected chi connectivity index (χ2v) is 20.4. The normalized spacial score (nSPS) is 13.0. The summed E-state index contributed by atoms with van der Waals surface area (Å²) in [5.41, 5.74) is 8.90. The number of hydrogen-bond donors (Lipinski definition) is 0. The molecule has 12 rings (SSSR count). The smallest absolute Gasteiger partial charge is 0.179 e. The summed E-state index contributed by atoms with van der Waals surface area (Å²) in [5.74, 6) is 0. The Morgan fingerprint density at radius 3 is 1.78 bits per heavy atom. The number of hydrogen-bond acceptors (Lipinski definition) is 1. The van der Waals surface area contributed by atoms with E-state index < -0.39 is 8.07 Å². The molecule has 0 saturated heterocycles. The molecule has 0 saturated carbocycles. The van der Waals surface area contributed by atoms with Crippen molar-refractivity contribution in [3.63, 3.8) is 0 Å². The van der Waals surface area contributed by atoms with Crippen LogP contribution < -0.4 is 20.7 Å². The Bertz CT molecular complexity index is 3330. The van der Waals surface area contributed by atoms with E-state index in [0.29, 0.717) is 0 Å². The van der Waals surface area contributed by atoms with Crippen molar-refractivity contribution in [2.24, 2.45) is 0 Å². The number of benzene rings is 8. The van der Waals surface area contributed by atoms with Gasteiger partial charge in [0.15, 0.2) is 8.07 Å². The van der Waals surface area contributed by atoms with Gasteiger partial charge >= 0.3 is 0 Å². The highest BCUT2D eigenvalue weighted by molar-refractivity contribution is 7.26. The third-order valence-electron chi connectivity index (χ3n) is 12.5. The molecule has 3 aromatic heterocycles. The molecule has 3 heterocycles. The van der Waals surface area contributed by atoms with E-state index in [2.05, 4.69) is 215 Å². The average Bonchev–Trinajstić information content (AvgIpc) is 3.96. The lowest BCUT2D eigenvalue weighted by Gasteiger charge is -2.34. The zero-order valence-corrected chi connectivity index (χ0v) is 33.7. The maximum Gasteiger partial charge on any atom is 0.179 e. The highest BCUT2D eigenvalue weighted by atomic mass is 32.1. The summed E-state index contributed by atoms with van der Waals surface area (Å²) in [6.07, 6.45) is 6.84. The Morgan fingerprint density at radius 2 is 1.02 bits per heavy atom. The first-order chi connectivity index (χ1) is 28.8. The highest BCUT2D eigenvalue weighted by Gasteiger charge is 2.42. The monoisotopic (exact) mass is 774 g/mol. The molecule has 1 aliphatic carbocycles. The lowest BCUT2D eigenvalue weighted by atomic mass is 10.00. The Morgan fingerprint density at radius 1 is 0.431 bits per heavy atom. The van der Waals surface area contributed by atoms with E-state index in [0.717, 1.165) is 12.8 Å². The van der Waals surface area contributed by atoms with Crippen LogP contribution in [0.3, 0.4) is 0 Å². The topological polar surface area (TPSA) is 9.86 Å². The molecule has 0 amide bonds. The van der Waals surface area contributed by atoms with Crippen LogP contribution in [0.15, 0.2) is 200 Å². The third kappa shape index (κ3) is 4.83. The van der Waals surface area contributed by atoms with Gasteiger partial charge in [0.1, 0.15) is 0 Å². The van der Waals surface area contributed by atoms with Crippen molar-refractivity contribution in [2.75, 3.05) is 0 Å². The minimum atomic E-state index is -2.85. The van der Waals surface area contributed by atoms with Gasteiger partial charge in [-0.1, -0.05) is 152 Å². The summed E-state index contributed by atoms with van der Waals surface area (Å²) in [6.45, 7) is 0. The minimum Gasteiger partial charge on any atom is -0.310 e. The predicted octanol–water partition coefficient (Wildman–Crippen LogP) is 11.4. The largest absolute Gasteiger partial charge is 0.310 e. The molecular formula is C54H38N2SSi. The van der Waals surface area contributed by atoms with Crippen molar-refractivity contribution in [2.45, 2.75) is 12.8 Å². The van der Waals surface area contributed by atoms with E-state index in [4.69, 9.17) is 0 Å². The SMILES string of the molecule is C1=Cc2c(c3c4sc5ccccc5c4ccc3n2-c2ccc([Si](c3ccccc3)(c3ccccc3)c3ccc4c(c3)c3ccccc3n4-c3ccccc3)cc2)CC1. The van der Waals surface area contributed by atoms with Crippen molar-refractivity contribution < 1.29 is 0 Å². The van der Waals surface area contributed by atoms with E-state index in [-0.39, 0.29) is 0 Å². The van der Waals surface area contributed by atoms with Crippen LogP contribution in [-0.4, -0.2) is 17.2 Å². The maximum atomic E-state index is 2.52. The number of rotatable bonds is 6. The standard InChI is InChI=1S/C54H38N2SSi/c1-4-16-37(17-5-1)55-48-25-13-10-22-43(48)47-36-42(32-34-50(47)55)58(39-18-6-2-7-19-39,40-20-8-3-9-21-40)41-30-28-38(29-31-41)56-49-26-14-11-24-46(49)53-51(56)35-33-45-44-23-12-15-27-52(44)57-54(45)53/h1-10,12-23,25-36H,11,24H2. The summed E-state index contributed by atoms with van der Waals surface area (Å²) in [6, 6.07) is 72.8. The lowest BCUT2D eigenvalue weighted by Crippen LogP contribution is -2.74. The fraction of sp³-hybridized carbons (Fsp3) is 0.0370. The van der Waals surface area contributed by atoms with Crippen LogP contribution in [0, 0.1) is 0 Å². The van der Waals surface area contributed by atoms with Crippen molar-refractivity contribution >= 4 is 99.1 Å². The quantitative estimate of drug-likeness (QED) is 0.118. The van der Waals surface area contributed by atoms with Crippen molar-refractivity contribution in [3.8, 4) is 11.4 Å². The van der Waals surface area contributed by atoms with Gasteiger partial charge in [-0.05, 0) is 93.8 Å². The molecular weight excluding hydrogens is 737 g/mol. The van der Waals surface area contributed by atoms with Crippen LogP contribution in [0.4, 0.5) is 0 Å². The van der Waals surface area contributed by atoms with E-state index in [1.165, 1.54) is 96.3 Å². The minimum absolute atomic E-state index is 1.06. The molecule has 2 nitrogen and oxygen atoms in total. The average molecular weight is 775 g/mol. The first kappa shape index (κ1) is 33.4. The van der Waals surface area contributed by atoms with Crippen molar-refractivity contribution in [3.05, 3.63) is 211 Å². The van der Waals surface area contributed by atoms with Crippen molar-refractivity contribution in [1.82, 2.24) is 9.13 Å². The van der Waals surface area contributed by atoms with E-state index in [9.17, 15) is 0 Å². The van der Waals surface area contributed by atoms with E-state index in [1.54, 1.807) is 0 Å². The van der Waals surface area contributed by atoms with E-state index >= 15 is 0 Å². The summed E-state index contributed by atoms with van der Waals surface area (Å²) in [7, 11) is -2.85. The predicted molar refractivity (Wildman–Crippen MR) is 251 cm³/mol. The Kier molecular flexibility index (Phi) is 7.59. The van der Waals surface area contributed by atoms with Gasteiger partial charge in [-0.3, -0.25) is 0 Å². The molecule has 58 heavy (non-hydrogen) atoms. The van der Waals surface area contributed by atoms with Crippen LogP contribution in [0.5, 0.6) is 0 Å². The number of aromatic nitrogens is 2. The van der Waals surface area contributed by atoms with Gasteiger partial charge in [-0.25, -0.2) is 0 Å². The number of thiophene rings is 1. The number of nitrogens with zero attached hydrogens (tertiary/aromatic N) is 2. The number of aryl methyl sites for hydroxylation is 1. The molecule has 4 heteroatoms. The second kappa shape index (κ2) is 13.2. The molecule has 0 fully saturated rings. The summed E-state index contributed by atoms with van der Waals surface area (Å²) in [4.78, 5) is 0. The summed E-state index contributed by atoms with van der Waals surface area (Å²) < 4.78 is 7.70. The zero-order valence-electron chi connectivity index (χ0n) is 31.8. The Balaban J connectivity index is 1.10. The molecule has 0 radical (unpaired) electrons. The first-order valence-electron chi connectivity index (χ1n) is 20.2. The van der Waals surface area contributed by atoms with Crippen LogP contribution in [0.25, 0.3) is 70.3 Å². The van der Waals surface area contributed by atoms with Crippen LogP contribution >= 0.6 is 11.3 Å². The van der Waals surface area contributed by atoms with Gasteiger partial charge in [0, 0.05) is 53.4 Å². The fourth-order valence-electron chi connectivity index (χ4n) is 10.1. The molecule has 0 bridgehead atoms. The zero-order chi connectivity index (χ0) is 38.2. The fourth-order valence-corrected chi connectivity index (χ4v) is 16.1. The van der Waals surface area contributed by atoms with Crippen LogP contribution in [0.2, 0.25) is 0 Å². The van der Waals surface area contributed by atoms with Gasteiger partial charge in [-0.15, -0.1) is 11.3 Å². The molecule has 0 N–H and O–H groups in total. The Hall–Kier alpha value is -6.72. The molecule has 1 aliphatic rings. The molecule has 11 aromatic rings. The third-order valence-corrected chi connectivity index (χ3v) is 18.5. The van der Waals surface area contributed by atoms with Gasteiger partial charge in [-0.2, -0.15) is 0 Å². The van der Waals surface area contributed by atoms with Gasteiger partial charge in [0.05, 0.1) is 16.6 Å². The molecule has 8 aromatic carbocycles. The summed E-state index contributed by atoms with van der Waals surface area (Å²) >= 11 is 1.94. The number of allylic oxidation sites excluding steroid dienone is 1. The van der Waals surface area contributed by atoms with Crippen molar-refractivity contribution in [1.29, 1.82) is 0 Å². The molecule has 0 unspecified atom stereocenters. The van der Waals surface area contributed by atoms with Crippen LogP contribution in [-0.2, 0) is 6.42 Å². The second-order valence-electron chi connectivity index (χ2n) is 15.5. The van der Waals surface area contributed by atoms with Crippen LogP contribution in [0.1, 0.15) is 17.7 Å². The molecule has 0 spiro atoms. The highest BCUT2D eigenvalue weighted by Crippen LogP contribution is 2.44. The molecule has 274 valence electrons. The molecule has 0 aliphatic heterocycles. The van der Waals surface area contributed by atoms with Gasteiger partial charge in [0.2, 0.25) is 0 Å². The maximum absolute atomic E-state index is 2.85. The Labute approximate surface area is 342 Å². The number of para-hydroxylation sites is 2. The lowest BCUT2D eigenvalue weighted by molar-refractivity contribution is 0.968. The number of fused-ring (bicyclic) bond motifs is 10. The summed E-state index contributed by atoms with van der Waals surface area (Å²) in [5, 5.41) is 12.2.